The molecule has 0 bridgehead atoms. The van der Waals surface area contributed by atoms with Crippen molar-refractivity contribution in [3.05, 3.63) is 70.4 Å². The second kappa shape index (κ2) is 8.83. The minimum atomic E-state index is -0.318. The van der Waals surface area contributed by atoms with E-state index in [1.165, 1.54) is 18.1 Å². The molecule has 1 saturated heterocycles. The van der Waals surface area contributed by atoms with Gasteiger partial charge < -0.3 is 9.47 Å². The molecule has 27 heavy (non-hydrogen) atoms. The maximum absolute atomic E-state index is 13.6. The van der Waals surface area contributed by atoms with Crippen LogP contribution in [0.5, 0.6) is 5.75 Å². The van der Waals surface area contributed by atoms with E-state index < -0.39 is 0 Å². The van der Waals surface area contributed by atoms with E-state index in [-0.39, 0.29) is 30.1 Å². The molecule has 0 aromatic heterocycles. The van der Waals surface area contributed by atoms with Gasteiger partial charge >= 0.3 is 0 Å². The van der Waals surface area contributed by atoms with E-state index >= 15 is 0 Å². The van der Waals surface area contributed by atoms with E-state index in [0.717, 1.165) is 17.3 Å². The van der Waals surface area contributed by atoms with E-state index in [4.69, 9.17) is 9.47 Å². The molecule has 2 aromatic carbocycles. The average Bonchev–Trinajstić information content (AvgIpc) is 2.93. The molecule has 3 rings (SSSR count). The summed E-state index contributed by atoms with van der Waals surface area (Å²) in [4.78, 5) is 25.7. The Kier molecular flexibility index (Phi) is 6.26. The highest BCUT2D eigenvalue weighted by molar-refractivity contribution is 8.18. The van der Waals surface area contributed by atoms with Crippen LogP contribution in [0, 0.1) is 5.82 Å². The molecule has 1 heterocycles. The summed E-state index contributed by atoms with van der Waals surface area (Å²) in [5.74, 6) is -0.0381. The fraction of sp³-hybridized carbons (Fsp3) is 0.200. The molecule has 0 atom stereocenters. The van der Waals surface area contributed by atoms with Crippen molar-refractivity contribution in [1.29, 1.82) is 0 Å². The van der Waals surface area contributed by atoms with Crippen LogP contribution in [0.3, 0.4) is 0 Å². The summed E-state index contributed by atoms with van der Waals surface area (Å²) in [6, 6.07) is 13.5. The number of carbonyl (C=O) groups excluding carboxylic acids is 2. The van der Waals surface area contributed by atoms with Gasteiger partial charge in [-0.2, -0.15) is 0 Å². The summed E-state index contributed by atoms with van der Waals surface area (Å²) in [5.41, 5.74) is 1.25. The zero-order valence-corrected chi connectivity index (χ0v) is 15.5. The van der Waals surface area contributed by atoms with E-state index in [2.05, 4.69) is 0 Å². The number of thioether (sulfide) groups is 1. The van der Waals surface area contributed by atoms with E-state index in [1.54, 1.807) is 48.5 Å². The van der Waals surface area contributed by atoms with Gasteiger partial charge in [-0.15, -0.1) is 0 Å². The fourth-order valence-electron chi connectivity index (χ4n) is 2.46. The van der Waals surface area contributed by atoms with Crippen molar-refractivity contribution >= 4 is 29.0 Å². The van der Waals surface area contributed by atoms with Crippen molar-refractivity contribution in [2.24, 2.45) is 0 Å². The van der Waals surface area contributed by atoms with E-state index in [9.17, 15) is 14.0 Å². The van der Waals surface area contributed by atoms with Gasteiger partial charge in [-0.1, -0.05) is 30.3 Å². The van der Waals surface area contributed by atoms with Crippen LogP contribution in [0.25, 0.3) is 6.08 Å². The second-order valence-electron chi connectivity index (χ2n) is 5.78. The molecule has 1 fully saturated rings. The second-order valence-corrected chi connectivity index (χ2v) is 6.77. The number of hydrogen-bond donors (Lipinski definition) is 0. The number of halogens is 1. The fourth-order valence-corrected chi connectivity index (χ4v) is 3.33. The molecule has 7 heteroatoms. The standard InChI is InChI=1S/C20H18FNO4S/c1-25-11-10-22-19(23)18(27-20(22)24)12-14-6-8-16(9-7-14)26-13-15-4-2-3-5-17(15)21/h2-9,12H,10-11,13H2,1H3/b18-12+. The highest BCUT2D eigenvalue weighted by atomic mass is 32.2. The first-order chi connectivity index (χ1) is 13.1. The van der Waals surface area contributed by atoms with Crippen LogP contribution in [0.1, 0.15) is 11.1 Å². The number of amides is 2. The molecule has 0 N–H and O–H groups in total. The molecule has 5 nitrogen and oxygen atoms in total. The van der Waals surface area contributed by atoms with Crippen LogP contribution in [0.4, 0.5) is 9.18 Å². The first kappa shape index (κ1) is 19.1. The lowest BCUT2D eigenvalue weighted by atomic mass is 10.2. The van der Waals surface area contributed by atoms with Crippen molar-refractivity contribution in [3.63, 3.8) is 0 Å². The predicted octanol–water partition coefficient (Wildman–Crippen LogP) is 4.09. The molecular formula is C20H18FNO4S. The third-order valence-corrected chi connectivity index (χ3v) is 4.83. The molecule has 1 aliphatic rings. The average molecular weight is 387 g/mol. The Balaban J connectivity index is 1.63. The smallest absolute Gasteiger partial charge is 0.293 e. The third kappa shape index (κ3) is 4.75. The number of nitrogens with zero attached hydrogens (tertiary/aromatic N) is 1. The van der Waals surface area contributed by atoms with Crippen LogP contribution in [-0.2, 0) is 16.1 Å². The first-order valence-corrected chi connectivity index (χ1v) is 9.10. The number of imide groups is 1. The summed E-state index contributed by atoms with van der Waals surface area (Å²) < 4.78 is 24.1. The maximum atomic E-state index is 13.6. The van der Waals surface area contributed by atoms with Gasteiger partial charge in [0, 0.05) is 12.7 Å². The number of methoxy groups -OCH3 is 1. The van der Waals surface area contributed by atoms with Gasteiger partial charge in [0.2, 0.25) is 0 Å². The Labute approximate surface area is 160 Å². The van der Waals surface area contributed by atoms with Crippen molar-refractivity contribution in [2.45, 2.75) is 6.61 Å². The van der Waals surface area contributed by atoms with Crippen LogP contribution in [-0.4, -0.2) is 36.3 Å². The summed E-state index contributed by atoms with van der Waals surface area (Å²) in [7, 11) is 1.52. The third-order valence-electron chi connectivity index (χ3n) is 3.92. The number of ether oxygens (including phenoxy) is 2. The molecule has 0 aliphatic carbocycles. The predicted molar refractivity (Wildman–Crippen MR) is 102 cm³/mol. The van der Waals surface area contributed by atoms with E-state index in [0.29, 0.717) is 22.8 Å². The van der Waals surface area contributed by atoms with Crippen LogP contribution < -0.4 is 4.74 Å². The summed E-state index contributed by atoms with van der Waals surface area (Å²) in [6.07, 6.45) is 1.67. The molecule has 140 valence electrons. The van der Waals surface area contributed by atoms with Gasteiger partial charge in [-0.05, 0) is 41.6 Å². The van der Waals surface area contributed by atoms with Crippen LogP contribution in [0.15, 0.2) is 53.4 Å². The zero-order valence-electron chi connectivity index (χ0n) is 14.7. The number of benzene rings is 2. The van der Waals surface area contributed by atoms with Crippen LogP contribution in [0.2, 0.25) is 0 Å². The molecule has 2 aromatic rings. The maximum Gasteiger partial charge on any atom is 0.293 e. The van der Waals surface area contributed by atoms with E-state index in [1.807, 2.05) is 0 Å². The van der Waals surface area contributed by atoms with Gasteiger partial charge in [-0.3, -0.25) is 14.5 Å². The molecule has 1 aliphatic heterocycles. The Morgan fingerprint density at radius 2 is 1.85 bits per heavy atom. The summed E-state index contributed by atoms with van der Waals surface area (Å²) in [6.45, 7) is 0.672. The summed E-state index contributed by atoms with van der Waals surface area (Å²) in [5, 5.41) is -0.298. The SMILES string of the molecule is COCCN1C(=O)S/C(=C/c2ccc(OCc3ccccc3F)cc2)C1=O. The lowest BCUT2D eigenvalue weighted by Crippen LogP contribution is -2.31. The monoisotopic (exact) mass is 387 g/mol. The Morgan fingerprint density at radius 1 is 1.11 bits per heavy atom. The quantitative estimate of drug-likeness (QED) is 0.670. The molecule has 0 radical (unpaired) electrons. The number of rotatable bonds is 7. The molecule has 0 saturated carbocycles. The highest BCUT2D eigenvalue weighted by Crippen LogP contribution is 2.32. The van der Waals surface area contributed by atoms with Crippen molar-refractivity contribution < 1.29 is 23.5 Å². The lowest BCUT2D eigenvalue weighted by molar-refractivity contribution is -0.123. The highest BCUT2D eigenvalue weighted by Gasteiger charge is 2.34. The normalized spacial score (nSPS) is 15.6. The van der Waals surface area contributed by atoms with Gasteiger partial charge in [0.05, 0.1) is 18.1 Å². The van der Waals surface area contributed by atoms with Crippen molar-refractivity contribution in [2.75, 3.05) is 20.3 Å². The molecule has 0 spiro atoms. The van der Waals surface area contributed by atoms with Crippen molar-refractivity contribution in [3.8, 4) is 5.75 Å². The van der Waals surface area contributed by atoms with Gasteiger partial charge in [-0.25, -0.2) is 4.39 Å². The topological polar surface area (TPSA) is 55.8 Å². The Morgan fingerprint density at radius 3 is 2.56 bits per heavy atom. The number of hydrogen-bond acceptors (Lipinski definition) is 5. The van der Waals surface area contributed by atoms with Gasteiger partial charge in [0.25, 0.3) is 11.1 Å². The largest absolute Gasteiger partial charge is 0.489 e. The lowest BCUT2D eigenvalue weighted by Gasteiger charge is -2.10. The number of carbonyl (C=O) groups is 2. The van der Waals surface area contributed by atoms with Gasteiger partial charge in [0.15, 0.2) is 0 Å². The van der Waals surface area contributed by atoms with Gasteiger partial charge in [0.1, 0.15) is 18.2 Å². The summed E-state index contributed by atoms with van der Waals surface area (Å²) >= 11 is 0.910. The molecule has 2 amide bonds. The molecule has 0 unspecified atom stereocenters. The Hall–Kier alpha value is -2.64. The minimum Gasteiger partial charge on any atom is -0.489 e. The minimum absolute atomic E-state index is 0.129. The molecular weight excluding hydrogens is 369 g/mol. The van der Waals surface area contributed by atoms with Crippen LogP contribution >= 0.6 is 11.8 Å². The van der Waals surface area contributed by atoms with Crippen molar-refractivity contribution in [1.82, 2.24) is 4.90 Å². The Bertz CT molecular complexity index is 867. The zero-order chi connectivity index (χ0) is 19.2. The first-order valence-electron chi connectivity index (χ1n) is 8.29.